The Bertz CT molecular complexity index is 1510. The average Bonchev–Trinajstić information content (AvgIpc) is 3.43. The molecule has 4 N–H and O–H groups in total. The van der Waals surface area contributed by atoms with Crippen LogP contribution in [0.5, 0.6) is 0 Å². The van der Waals surface area contributed by atoms with E-state index in [-0.39, 0.29) is 37.0 Å². The topological polar surface area (TPSA) is 147 Å². The molecule has 1 unspecified atom stereocenters. The minimum absolute atomic E-state index is 0.0325. The first-order valence-corrected chi connectivity index (χ1v) is 12.6. The van der Waals surface area contributed by atoms with Gasteiger partial charge in [0.05, 0.1) is 12.2 Å². The summed E-state index contributed by atoms with van der Waals surface area (Å²) in [4.78, 5) is 41.0. The largest absolute Gasteiger partial charge is 0.344 e. The van der Waals surface area contributed by atoms with Crippen LogP contribution in [-0.2, 0) is 16.1 Å². The van der Waals surface area contributed by atoms with Gasteiger partial charge in [0.1, 0.15) is 6.04 Å². The van der Waals surface area contributed by atoms with E-state index in [4.69, 9.17) is 5.73 Å². The molecule has 0 spiro atoms. The normalized spacial score (nSPS) is 15.6. The molecule has 0 saturated carbocycles. The predicted octanol–water partition coefficient (Wildman–Crippen LogP) is 3.27. The standard InChI is InChI=1S/C29H29N7O3/c1-29(2,30)16-26(38)31-23-15-25(37)22-9-5-6-10-24(22)36(28(23)39)17-18-11-13-19(14-12-18)20-7-3-4-8-21(20)27-32-34-35-33-27/h3-14,23H,15-17,30H2,1-2H3,(H,31,38)(H,32,33,34,35). The SMILES string of the molecule is CC(C)(N)CC(=O)NC1CC(=O)c2ccccc2N(Cc2ccc(-c3ccccc3-c3nn[nH]n3)cc2)C1=O. The molecule has 0 fully saturated rings. The summed E-state index contributed by atoms with van der Waals surface area (Å²) >= 11 is 0. The summed E-state index contributed by atoms with van der Waals surface area (Å²) in [5.41, 5.74) is 9.82. The molecule has 198 valence electrons. The van der Waals surface area contributed by atoms with E-state index in [0.717, 1.165) is 22.3 Å². The summed E-state index contributed by atoms with van der Waals surface area (Å²) in [7, 11) is 0. The molecule has 10 heteroatoms. The zero-order valence-electron chi connectivity index (χ0n) is 21.7. The third-order valence-electron chi connectivity index (χ3n) is 6.52. The number of carbonyl (C=O) groups excluding carboxylic acids is 3. The van der Waals surface area contributed by atoms with Crippen molar-refractivity contribution in [2.75, 3.05) is 4.90 Å². The van der Waals surface area contributed by atoms with E-state index in [2.05, 4.69) is 25.9 Å². The van der Waals surface area contributed by atoms with Gasteiger partial charge in [0.25, 0.3) is 0 Å². The molecule has 5 rings (SSSR count). The van der Waals surface area contributed by atoms with Gasteiger partial charge in [-0.2, -0.15) is 5.21 Å². The van der Waals surface area contributed by atoms with Gasteiger partial charge < -0.3 is 16.0 Å². The summed E-state index contributed by atoms with van der Waals surface area (Å²) in [6, 6.07) is 21.6. The van der Waals surface area contributed by atoms with Crippen molar-refractivity contribution in [3.05, 3.63) is 83.9 Å². The molecule has 4 aromatic rings. The lowest BCUT2D eigenvalue weighted by molar-refractivity contribution is -0.128. The van der Waals surface area contributed by atoms with Gasteiger partial charge in [0, 0.05) is 29.5 Å². The molecule has 1 aliphatic heterocycles. The number of anilines is 1. The first-order valence-electron chi connectivity index (χ1n) is 12.6. The molecule has 1 aliphatic rings. The van der Waals surface area contributed by atoms with Crippen molar-refractivity contribution in [2.24, 2.45) is 5.73 Å². The van der Waals surface area contributed by atoms with Crippen LogP contribution in [0, 0.1) is 0 Å². The molecule has 1 atom stereocenters. The van der Waals surface area contributed by atoms with Gasteiger partial charge in [-0.05, 0) is 47.9 Å². The third-order valence-corrected chi connectivity index (χ3v) is 6.52. The van der Waals surface area contributed by atoms with E-state index in [1.54, 1.807) is 43.0 Å². The highest BCUT2D eigenvalue weighted by atomic mass is 16.2. The molecule has 39 heavy (non-hydrogen) atoms. The summed E-state index contributed by atoms with van der Waals surface area (Å²) in [6.07, 6.45) is -0.0837. The lowest BCUT2D eigenvalue weighted by Gasteiger charge is -2.27. The molecule has 0 radical (unpaired) electrons. The third kappa shape index (κ3) is 5.75. The first kappa shape index (κ1) is 25.9. The highest BCUT2D eigenvalue weighted by Crippen LogP contribution is 2.32. The molecule has 0 bridgehead atoms. The number of carbonyl (C=O) groups is 3. The van der Waals surface area contributed by atoms with Crippen LogP contribution in [-0.4, -0.2) is 49.8 Å². The lowest BCUT2D eigenvalue weighted by Crippen LogP contribution is -2.50. The average molecular weight is 524 g/mol. The fourth-order valence-corrected chi connectivity index (χ4v) is 4.75. The highest BCUT2D eigenvalue weighted by molar-refractivity contribution is 6.12. The Morgan fingerprint density at radius 3 is 2.33 bits per heavy atom. The molecular weight excluding hydrogens is 494 g/mol. The number of tetrazole rings is 1. The van der Waals surface area contributed by atoms with E-state index < -0.39 is 11.6 Å². The van der Waals surface area contributed by atoms with Crippen molar-refractivity contribution >= 4 is 23.3 Å². The van der Waals surface area contributed by atoms with Gasteiger partial charge in [-0.3, -0.25) is 14.4 Å². The lowest BCUT2D eigenvalue weighted by atomic mass is 9.98. The number of hydrogen-bond donors (Lipinski definition) is 3. The number of H-pyrrole nitrogens is 1. The number of nitrogens with two attached hydrogens (primary N) is 1. The number of hydrogen-bond acceptors (Lipinski definition) is 7. The van der Waals surface area contributed by atoms with E-state index in [9.17, 15) is 14.4 Å². The maximum Gasteiger partial charge on any atom is 0.250 e. The Kier molecular flexibility index (Phi) is 7.03. The number of benzene rings is 3. The van der Waals surface area contributed by atoms with Gasteiger partial charge in [0.2, 0.25) is 17.6 Å². The van der Waals surface area contributed by atoms with Crippen molar-refractivity contribution < 1.29 is 14.4 Å². The number of fused-ring (bicyclic) bond motifs is 1. The maximum absolute atomic E-state index is 13.7. The number of aromatic nitrogens is 4. The molecular formula is C29H29N7O3. The van der Waals surface area contributed by atoms with Crippen LogP contribution in [0.1, 0.15) is 42.6 Å². The van der Waals surface area contributed by atoms with Crippen LogP contribution in [0.2, 0.25) is 0 Å². The molecule has 3 aromatic carbocycles. The van der Waals surface area contributed by atoms with E-state index in [1.807, 2.05) is 48.5 Å². The number of nitrogens with zero attached hydrogens (tertiary/aromatic N) is 4. The predicted molar refractivity (Wildman–Crippen MR) is 146 cm³/mol. The van der Waals surface area contributed by atoms with Gasteiger partial charge in [-0.15, -0.1) is 10.2 Å². The molecule has 10 nitrogen and oxygen atoms in total. The molecule has 0 aliphatic carbocycles. The smallest absolute Gasteiger partial charge is 0.250 e. The van der Waals surface area contributed by atoms with E-state index >= 15 is 0 Å². The van der Waals surface area contributed by atoms with Crippen LogP contribution in [0.4, 0.5) is 5.69 Å². The fraction of sp³-hybridized carbons (Fsp3) is 0.241. The van der Waals surface area contributed by atoms with Crippen molar-refractivity contribution in [3.63, 3.8) is 0 Å². The van der Waals surface area contributed by atoms with Crippen molar-refractivity contribution in [1.82, 2.24) is 25.9 Å². The first-order chi connectivity index (χ1) is 18.7. The zero-order chi connectivity index (χ0) is 27.6. The van der Waals surface area contributed by atoms with Gasteiger partial charge in [0.15, 0.2) is 5.78 Å². The Morgan fingerprint density at radius 2 is 1.67 bits per heavy atom. The van der Waals surface area contributed by atoms with Crippen LogP contribution in [0.3, 0.4) is 0 Å². The zero-order valence-corrected chi connectivity index (χ0v) is 21.7. The summed E-state index contributed by atoms with van der Waals surface area (Å²) in [6.45, 7) is 3.70. The Morgan fingerprint density at radius 1 is 1.00 bits per heavy atom. The quantitative estimate of drug-likeness (QED) is 0.337. The summed E-state index contributed by atoms with van der Waals surface area (Å²) in [5.74, 6) is -0.420. The van der Waals surface area contributed by atoms with E-state index in [0.29, 0.717) is 17.1 Å². The molecule has 0 saturated heterocycles. The van der Waals surface area contributed by atoms with Crippen molar-refractivity contribution in [2.45, 2.75) is 44.8 Å². The van der Waals surface area contributed by atoms with E-state index in [1.165, 1.54) is 0 Å². The Hall–Kier alpha value is -4.70. The number of para-hydroxylation sites is 1. The fourth-order valence-electron chi connectivity index (χ4n) is 4.75. The number of aromatic amines is 1. The maximum atomic E-state index is 13.7. The summed E-state index contributed by atoms with van der Waals surface area (Å²) < 4.78 is 0. The monoisotopic (exact) mass is 523 g/mol. The summed E-state index contributed by atoms with van der Waals surface area (Å²) in [5, 5.41) is 17.1. The number of nitrogens with one attached hydrogen (secondary N) is 2. The second kappa shape index (κ2) is 10.6. The van der Waals surface area contributed by atoms with Crippen LogP contribution < -0.4 is 16.0 Å². The minimum Gasteiger partial charge on any atom is -0.344 e. The number of Topliss-reactive ketones (excluding diaryl/α,β-unsaturated/α-hetero) is 1. The molecule has 2 amide bonds. The minimum atomic E-state index is -0.985. The molecule has 1 aromatic heterocycles. The van der Waals surface area contributed by atoms with Crippen LogP contribution in [0.25, 0.3) is 22.5 Å². The van der Waals surface area contributed by atoms with Gasteiger partial charge in [-0.1, -0.05) is 60.7 Å². The van der Waals surface area contributed by atoms with Gasteiger partial charge >= 0.3 is 0 Å². The Labute approximate surface area is 225 Å². The van der Waals surface area contributed by atoms with Crippen LogP contribution in [0.15, 0.2) is 72.8 Å². The second-order valence-electron chi connectivity index (χ2n) is 10.3. The van der Waals surface area contributed by atoms with Crippen molar-refractivity contribution in [3.8, 4) is 22.5 Å². The van der Waals surface area contributed by atoms with Gasteiger partial charge in [-0.25, -0.2) is 0 Å². The molecule has 2 heterocycles. The van der Waals surface area contributed by atoms with Crippen LogP contribution >= 0.6 is 0 Å². The highest BCUT2D eigenvalue weighted by Gasteiger charge is 2.35. The number of ketones is 1. The second-order valence-corrected chi connectivity index (χ2v) is 10.3. The number of rotatable bonds is 7. The Balaban J connectivity index is 1.43. The number of amides is 2. The van der Waals surface area contributed by atoms with Crippen molar-refractivity contribution in [1.29, 1.82) is 0 Å².